The highest BCUT2D eigenvalue weighted by atomic mass is 19.4. The lowest BCUT2D eigenvalue weighted by Crippen LogP contribution is -2.39. The third-order valence-electron chi connectivity index (χ3n) is 4.76. The van der Waals surface area contributed by atoms with Gasteiger partial charge in [-0.05, 0) is 59.9 Å². The van der Waals surface area contributed by atoms with Gasteiger partial charge in [0.25, 0.3) is 0 Å². The molecule has 0 spiro atoms. The molecule has 3 rings (SSSR count). The molecule has 3 aromatic rings. The fourth-order valence-corrected chi connectivity index (χ4v) is 3.14. The number of amides is 1. The Bertz CT molecular complexity index is 965. The Morgan fingerprint density at radius 2 is 1.68 bits per heavy atom. The van der Waals surface area contributed by atoms with Crippen molar-refractivity contribution in [1.29, 1.82) is 0 Å². The third-order valence-corrected chi connectivity index (χ3v) is 4.76. The lowest BCUT2D eigenvalue weighted by atomic mass is 10.0. The fraction of sp³-hybridized carbons (Fsp3) is 0.261. The average Bonchev–Trinajstić information content (AvgIpc) is 2.77. The van der Waals surface area contributed by atoms with E-state index in [2.05, 4.69) is 20.6 Å². The summed E-state index contributed by atoms with van der Waals surface area (Å²) in [6.07, 6.45) is 3.43. The second-order valence-corrected chi connectivity index (χ2v) is 7.02. The van der Waals surface area contributed by atoms with E-state index in [1.54, 1.807) is 24.8 Å². The van der Waals surface area contributed by atoms with Gasteiger partial charge < -0.3 is 10.6 Å². The van der Waals surface area contributed by atoms with E-state index < -0.39 is 17.8 Å². The Hall–Kier alpha value is -3.26. The molecule has 1 amide bonds. The number of rotatable bonds is 9. The van der Waals surface area contributed by atoms with Crippen LogP contribution in [0, 0.1) is 0 Å². The van der Waals surface area contributed by atoms with Crippen LogP contribution >= 0.6 is 0 Å². The number of alkyl halides is 3. The lowest BCUT2D eigenvalue weighted by Gasteiger charge is -2.20. The summed E-state index contributed by atoms with van der Waals surface area (Å²) in [5, 5.41) is 5.92. The predicted octanol–water partition coefficient (Wildman–Crippen LogP) is 3.73. The zero-order chi connectivity index (χ0) is 22.1. The van der Waals surface area contributed by atoms with Gasteiger partial charge in [0.05, 0.1) is 5.56 Å². The van der Waals surface area contributed by atoms with Crippen molar-refractivity contribution >= 4 is 5.91 Å². The van der Waals surface area contributed by atoms with Crippen LogP contribution in [0.2, 0.25) is 0 Å². The number of hydrogen-bond acceptors (Lipinski definition) is 4. The molecule has 1 atom stereocenters. The van der Waals surface area contributed by atoms with Gasteiger partial charge in [-0.3, -0.25) is 14.8 Å². The van der Waals surface area contributed by atoms with Crippen molar-refractivity contribution in [3.63, 3.8) is 0 Å². The SMILES string of the molecule is O=C(NCCc1cccnc1)C(NCCc1ccncc1)c1cccc(C(F)(F)F)c1. The molecule has 0 bridgehead atoms. The normalized spacial score (nSPS) is 12.4. The molecule has 0 aliphatic rings. The molecule has 0 saturated carbocycles. The Morgan fingerprint density at radius 3 is 2.39 bits per heavy atom. The number of carbonyl (C=O) groups excluding carboxylic acids is 1. The van der Waals surface area contributed by atoms with Crippen LogP contribution < -0.4 is 10.6 Å². The Kier molecular flexibility index (Phi) is 7.72. The number of halogens is 3. The van der Waals surface area contributed by atoms with Crippen molar-refractivity contribution in [2.45, 2.75) is 25.1 Å². The summed E-state index contributed by atoms with van der Waals surface area (Å²) in [6.45, 7) is 0.771. The first-order valence-corrected chi connectivity index (χ1v) is 9.89. The maximum absolute atomic E-state index is 13.2. The molecule has 1 aromatic carbocycles. The van der Waals surface area contributed by atoms with Crippen LogP contribution in [0.5, 0.6) is 0 Å². The summed E-state index contributed by atoms with van der Waals surface area (Å²) < 4.78 is 39.5. The average molecular weight is 428 g/mol. The number of nitrogens with zero attached hydrogens (tertiary/aromatic N) is 2. The van der Waals surface area contributed by atoms with Gasteiger partial charge in [-0.15, -0.1) is 0 Å². The Morgan fingerprint density at radius 1 is 0.903 bits per heavy atom. The molecule has 5 nitrogen and oxygen atoms in total. The van der Waals surface area contributed by atoms with Gasteiger partial charge in [-0.2, -0.15) is 13.2 Å². The number of carbonyl (C=O) groups is 1. The molecule has 2 N–H and O–H groups in total. The summed E-state index contributed by atoms with van der Waals surface area (Å²) >= 11 is 0. The van der Waals surface area contributed by atoms with E-state index in [1.807, 2.05) is 24.3 Å². The van der Waals surface area contributed by atoms with E-state index >= 15 is 0 Å². The van der Waals surface area contributed by atoms with E-state index in [0.717, 1.165) is 23.3 Å². The first-order valence-electron chi connectivity index (χ1n) is 9.89. The van der Waals surface area contributed by atoms with Crippen LogP contribution in [0.25, 0.3) is 0 Å². The molecule has 0 fully saturated rings. The van der Waals surface area contributed by atoms with Gasteiger partial charge >= 0.3 is 6.18 Å². The molecule has 8 heteroatoms. The topological polar surface area (TPSA) is 66.9 Å². The maximum atomic E-state index is 13.2. The number of benzene rings is 1. The quantitative estimate of drug-likeness (QED) is 0.545. The minimum absolute atomic E-state index is 0.267. The van der Waals surface area contributed by atoms with E-state index in [9.17, 15) is 18.0 Å². The minimum Gasteiger partial charge on any atom is -0.354 e. The largest absolute Gasteiger partial charge is 0.416 e. The van der Waals surface area contributed by atoms with Crippen molar-refractivity contribution in [2.75, 3.05) is 13.1 Å². The second kappa shape index (κ2) is 10.7. The summed E-state index contributed by atoms with van der Waals surface area (Å²) in [5.74, 6) is -0.377. The van der Waals surface area contributed by atoms with Crippen LogP contribution in [-0.2, 0) is 23.8 Å². The highest BCUT2D eigenvalue weighted by Crippen LogP contribution is 2.30. The highest BCUT2D eigenvalue weighted by Gasteiger charge is 2.31. The molecule has 2 heterocycles. The minimum atomic E-state index is -4.48. The van der Waals surface area contributed by atoms with Crippen LogP contribution in [0.15, 0.2) is 73.3 Å². The van der Waals surface area contributed by atoms with Gasteiger partial charge in [-0.1, -0.05) is 18.2 Å². The summed E-state index contributed by atoms with van der Waals surface area (Å²) in [7, 11) is 0. The molecule has 31 heavy (non-hydrogen) atoms. The van der Waals surface area contributed by atoms with E-state index in [0.29, 0.717) is 25.9 Å². The van der Waals surface area contributed by atoms with Gasteiger partial charge in [0.15, 0.2) is 0 Å². The van der Waals surface area contributed by atoms with Crippen LogP contribution in [-0.4, -0.2) is 29.0 Å². The van der Waals surface area contributed by atoms with Crippen LogP contribution in [0.3, 0.4) is 0 Å². The number of pyridine rings is 2. The van der Waals surface area contributed by atoms with Crippen molar-refractivity contribution in [3.8, 4) is 0 Å². The Labute approximate surface area is 178 Å². The first-order chi connectivity index (χ1) is 14.9. The van der Waals surface area contributed by atoms with E-state index in [1.165, 1.54) is 12.1 Å². The molecule has 0 radical (unpaired) electrons. The smallest absolute Gasteiger partial charge is 0.354 e. The molecule has 0 saturated heterocycles. The van der Waals surface area contributed by atoms with E-state index in [-0.39, 0.29) is 11.5 Å². The lowest BCUT2D eigenvalue weighted by molar-refractivity contribution is -0.137. The van der Waals surface area contributed by atoms with Crippen LogP contribution in [0.4, 0.5) is 13.2 Å². The molecule has 0 aliphatic carbocycles. The first kappa shape index (κ1) is 22.4. The predicted molar refractivity (Wildman–Crippen MR) is 111 cm³/mol. The monoisotopic (exact) mass is 428 g/mol. The second-order valence-electron chi connectivity index (χ2n) is 7.02. The van der Waals surface area contributed by atoms with Gasteiger partial charge in [0.1, 0.15) is 6.04 Å². The summed E-state index contributed by atoms with van der Waals surface area (Å²) in [4.78, 5) is 20.8. The highest BCUT2D eigenvalue weighted by molar-refractivity contribution is 5.83. The standard InChI is InChI=1S/C23H23F3N4O/c24-23(25,26)20-5-1-4-19(15-20)21(29-13-8-17-6-11-27-12-7-17)22(31)30-14-9-18-3-2-10-28-16-18/h1-7,10-12,15-16,21,29H,8-9,13-14H2,(H,30,31). The van der Waals surface area contributed by atoms with Crippen LogP contribution in [0.1, 0.15) is 28.3 Å². The zero-order valence-electron chi connectivity index (χ0n) is 16.8. The maximum Gasteiger partial charge on any atom is 0.416 e. The van der Waals surface area contributed by atoms with Gasteiger partial charge in [0.2, 0.25) is 5.91 Å². The summed E-state index contributed by atoms with van der Waals surface area (Å²) in [5.41, 5.74) is 1.46. The Balaban J connectivity index is 1.69. The molecular formula is C23H23F3N4O. The molecule has 1 unspecified atom stereocenters. The molecule has 0 aliphatic heterocycles. The number of aromatic nitrogens is 2. The zero-order valence-corrected chi connectivity index (χ0v) is 16.8. The fourth-order valence-electron chi connectivity index (χ4n) is 3.14. The van der Waals surface area contributed by atoms with Gasteiger partial charge in [0, 0.05) is 37.9 Å². The van der Waals surface area contributed by atoms with Crippen molar-refractivity contribution in [3.05, 3.63) is 95.6 Å². The number of hydrogen-bond donors (Lipinski definition) is 2. The van der Waals surface area contributed by atoms with Crippen molar-refractivity contribution in [1.82, 2.24) is 20.6 Å². The molecule has 162 valence electrons. The summed E-state index contributed by atoms with van der Waals surface area (Å²) in [6, 6.07) is 11.4. The molecular weight excluding hydrogens is 405 g/mol. The molecule has 2 aromatic heterocycles. The van der Waals surface area contributed by atoms with Gasteiger partial charge in [-0.25, -0.2) is 0 Å². The third kappa shape index (κ3) is 6.89. The number of nitrogens with one attached hydrogen (secondary N) is 2. The van der Waals surface area contributed by atoms with E-state index in [4.69, 9.17) is 0 Å². The van der Waals surface area contributed by atoms with Crippen molar-refractivity contribution < 1.29 is 18.0 Å². The van der Waals surface area contributed by atoms with Crippen molar-refractivity contribution in [2.24, 2.45) is 0 Å².